The summed E-state index contributed by atoms with van der Waals surface area (Å²) in [5, 5.41) is 0. The maximum atomic E-state index is 12.4. The van der Waals surface area contributed by atoms with Gasteiger partial charge in [0, 0.05) is 25.9 Å². The van der Waals surface area contributed by atoms with E-state index in [1.165, 1.54) is 0 Å². The number of carbonyl (C=O) groups is 1. The third-order valence-corrected chi connectivity index (χ3v) is 3.78. The zero-order chi connectivity index (χ0) is 13.8. The van der Waals surface area contributed by atoms with Crippen molar-refractivity contribution in [1.29, 1.82) is 0 Å². The Labute approximate surface area is 114 Å². The summed E-state index contributed by atoms with van der Waals surface area (Å²) in [4.78, 5) is 14.1. The highest BCUT2D eigenvalue weighted by atomic mass is 16.5. The number of amides is 1. The molecule has 1 aliphatic rings. The van der Waals surface area contributed by atoms with E-state index in [9.17, 15) is 4.79 Å². The standard InChI is InChI=1S/C15H22N2O2/c1-11-4-3-5-13(10-11)17(2)15(18)14(16)12-6-8-19-9-7-12/h3-5,10,12,14H,6-9,16H2,1-2H3. The summed E-state index contributed by atoms with van der Waals surface area (Å²) in [5.41, 5.74) is 8.15. The molecular weight excluding hydrogens is 240 g/mol. The molecule has 0 radical (unpaired) electrons. The summed E-state index contributed by atoms with van der Waals surface area (Å²) in [6, 6.07) is 7.46. The third-order valence-electron chi connectivity index (χ3n) is 3.78. The Hall–Kier alpha value is -1.39. The average molecular weight is 262 g/mol. The summed E-state index contributed by atoms with van der Waals surface area (Å²) in [6.07, 6.45) is 1.74. The molecule has 1 aromatic carbocycles. The van der Waals surface area contributed by atoms with E-state index in [0.717, 1.165) is 24.1 Å². The highest BCUT2D eigenvalue weighted by molar-refractivity contribution is 5.96. The van der Waals surface area contributed by atoms with E-state index in [-0.39, 0.29) is 11.8 Å². The van der Waals surface area contributed by atoms with E-state index in [4.69, 9.17) is 10.5 Å². The molecule has 1 heterocycles. The Morgan fingerprint density at radius 3 is 2.74 bits per heavy atom. The first kappa shape index (κ1) is 14.0. The van der Waals surface area contributed by atoms with Crippen molar-refractivity contribution >= 4 is 11.6 Å². The molecule has 104 valence electrons. The fourth-order valence-corrected chi connectivity index (χ4v) is 2.46. The molecule has 1 atom stereocenters. The van der Waals surface area contributed by atoms with Crippen LogP contribution in [0, 0.1) is 12.8 Å². The molecule has 1 saturated heterocycles. The van der Waals surface area contributed by atoms with Crippen molar-refractivity contribution in [3.8, 4) is 0 Å². The first-order chi connectivity index (χ1) is 9.09. The predicted molar refractivity (Wildman–Crippen MR) is 76.1 cm³/mol. The zero-order valence-electron chi connectivity index (χ0n) is 11.6. The number of aryl methyl sites for hydroxylation is 1. The lowest BCUT2D eigenvalue weighted by atomic mass is 9.91. The minimum atomic E-state index is -0.436. The van der Waals surface area contributed by atoms with Gasteiger partial charge in [0.15, 0.2) is 0 Å². The molecule has 19 heavy (non-hydrogen) atoms. The van der Waals surface area contributed by atoms with Gasteiger partial charge < -0.3 is 15.4 Å². The van der Waals surface area contributed by atoms with E-state index >= 15 is 0 Å². The van der Waals surface area contributed by atoms with Crippen molar-refractivity contribution in [1.82, 2.24) is 0 Å². The first-order valence-electron chi connectivity index (χ1n) is 6.77. The van der Waals surface area contributed by atoms with Gasteiger partial charge in [0.25, 0.3) is 0 Å². The van der Waals surface area contributed by atoms with E-state index in [1.54, 1.807) is 11.9 Å². The highest BCUT2D eigenvalue weighted by Crippen LogP contribution is 2.21. The second-order valence-corrected chi connectivity index (χ2v) is 5.21. The molecule has 0 saturated carbocycles. The number of benzene rings is 1. The minimum Gasteiger partial charge on any atom is -0.381 e. The van der Waals surface area contributed by atoms with Crippen molar-refractivity contribution < 1.29 is 9.53 Å². The number of nitrogens with two attached hydrogens (primary N) is 1. The summed E-state index contributed by atoms with van der Waals surface area (Å²) in [5.74, 6) is 0.214. The lowest BCUT2D eigenvalue weighted by Gasteiger charge is -2.30. The van der Waals surface area contributed by atoms with Crippen LogP contribution in [0.2, 0.25) is 0 Å². The number of nitrogens with zero attached hydrogens (tertiary/aromatic N) is 1. The third kappa shape index (κ3) is 3.33. The van der Waals surface area contributed by atoms with Gasteiger partial charge in [0.2, 0.25) is 5.91 Å². The number of hydrogen-bond acceptors (Lipinski definition) is 3. The molecule has 4 heteroatoms. The quantitative estimate of drug-likeness (QED) is 0.902. The molecular formula is C15H22N2O2. The molecule has 1 amide bonds. The van der Waals surface area contributed by atoms with Crippen LogP contribution in [0.15, 0.2) is 24.3 Å². The Morgan fingerprint density at radius 1 is 1.42 bits per heavy atom. The minimum absolute atomic E-state index is 0.0162. The molecule has 1 unspecified atom stereocenters. The van der Waals surface area contributed by atoms with Crippen LogP contribution in [0.5, 0.6) is 0 Å². The Balaban J connectivity index is 2.05. The maximum Gasteiger partial charge on any atom is 0.243 e. The van der Waals surface area contributed by atoms with Gasteiger partial charge in [-0.1, -0.05) is 12.1 Å². The molecule has 4 nitrogen and oxygen atoms in total. The van der Waals surface area contributed by atoms with Crippen LogP contribution in [-0.4, -0.2) is 32.2 Å². The van der Waals surface area contributed by atoms with Gasteiger partial charge in [-0.2, -0.15) is 0 Å². The molecule has 0 aliphatic carbocycles. The Kier molecular flexibility index (Phi) is 4.56. The van der Waals surface area contributed by atoms with Crippen molar-refractivity contribution in [2.45, 2.75) is 25.8 Å². The topological polar surface area (TPSA) is 55.6 Å². The summed E-state index contributed by atoms with van der Waals surface area (Å²) in [6.45, 7) is 3.43. The summed E-state index contributed by atoms with van der Waals surface area (Å²) >= 11 is 0. The van der Waals surface area contributed by atoms with Crippen LogP contribution in [-0.2, 0) is 9.53 Å². The van der Waals surface area contributed by atoms with Gasteiger partial charge in [0.1, 0.15) is 0 Å². The maximum absolute atomic E-state index is 12.4. The molecule has 1 fully saturated rings. The number of ether oxygens (including phenoxy) is 1. The number of carbonyl (C=O) groups excluding carboxylic acids is 1. The van der Waals surface area contributed by atoms with E-state index in [2.05, 4.69) is 0 Å². The highest BCUT2D eigenvalue weighted by Gasteiger charge is 2.29. The van der Waals surface area contributed by atoms with Gasteiger partial charge in [-0.15, -0.1) is 0 Å². The van der Waals surface area contributed by atoms with Crippen LogP contribution in [0.1, 0.15) is 18.4 Å². The largest absolute Gasteiger partial charge is 0.381 e. The zero-order valence-corrected chi connectivity index (χ0v) is 11.6. The monoisotopic (exact) mass is 262 g/mol. The fourth-order valence-electron chi connectivity index (χ4n) is 2.46. The van der Waals surface area contributed by atoms with Gasteiger partial charge in [-0.05, 0) is 43.4 Å². The van der Waals surface area contributed by atoms with Crippen molar-refractivity contribution in [3.05, 3.63) is 29.8 Å². The summed E-state index contributed by atoms with van der Waals surface area (Å²) < 4.78 is 5.31. The van der Waals surface area contributed by atoms with Crippen molar-refractivity contribution in [2.24, 2.45) is 11.7 Å². The molecule has 2 rings (SSSR count). The van der Waals surface area contributed by atoms with E-state index < -0.39 is 6.04 Å². The smallest absolute Gasteiger partial charge is 0.243 e. The van der Waals surface area contributed by atoms with Gasteiger partial charge >= 0.3 is 0 Å². The van der Waals surface area contributed by atoms with Crippen LogP contribution in [0.4, 0.5) is 5.69 Å². The Morgan fingerprint density at radius 2 is 2.11 bits per heavy atom. The lowest BCUT2D eigenvalue weighted by Crippen LogP contribution is -2.47. The first-order valence-corrected chi connectivity index (χ1v) is 6.77. The van der Waals surface area contributed by atoms with E-state index in [0.29, 0.717) is 13.2 Å². The molecule has 0 bridgehead atoms. The van der Waals surface area contributed by atoms with Gasteiger partial charge in [0.05, 0.1) is 6.04 Å². The lowest BCUT2D eigenvalue weighted by molar-refractivity contribution is -0.121. The van der Waals surface area contributed by atoms with Gasteiger partial charge in [-0.25, -0.2) is 0 Å². The second-order valence-electron chi connectivity index (χ2n) is 5.21. The normalized spacial score (nSPS) is 18.1. The van der Waals surface area contributed by atoms with Crippen molar-refractivity contribution in [3.63, 3.8) is 0 Å². The number of anilines is 1. The van der Waals surface area contributed by atoms with Gasteiger partial charge in [-0.3, -0.25) is 4.79 Å². The number of rotatable bonds is 3. The molecule has 0 aromatic heterocycles. The van der Waals surface area contributed by atoms with E-state index in [1.807, 2.05) is 31.2 Å². The number of hydrogen-bond donors (Lipinski definition) is 1. The van der Waals surface area contributed by atoms with Crippen LogP contribution in [0.25, 0.3) is 0 Å². The predicted octanol–water partition coefficient (Wildman–Crippen LogP) is 1.71. The summed E-state index contributed by atoms with van der Waals surface area (Å²) in [7, 11) is 1.79. The van der Waals surface area contributed by atoms with Crippen molar-refractivity contribution in [2.75, 3.05) is 25.2 Å². The molecule has 0 spiro atoms. The molecule has 1 aromatic rings. The average Bonchev–Trinajstić information content (AvgIpc) is 2.46. The molecule has 1 aliphatic heterocycles. The number of likely N-dealkylation sites (N-methyl/N-ethyl adjacent to an activating group) is 1. The van der Waals surface area contributed by atoms with Crippen LogP contribution in [0.3, 0.4) is 0 Å². The second kappa shape index (κ2) is 6.17. The fraction of sp³-hybridized carbons (Fsp3) is 0.533. The van der Waals surface area contributed by atoms with Crippen LogP contribution >= 0.6 is 0 Å². The molecule has 2 N–H and O–H groups in total. The SMILES string of the molecule is Cc1cccc(N(C)C(=O)C(N)C2CCOCC2)c1. The Bertz CT molecular complexity index is 442. The van der Waals surface area contributed by atoms with Crippen LogP contribution < -0.4 is 10.6 Å².